The number of esters is 2. The van der Waals surface area contributed by atoms with Crippen molar-refractivity contribution in [2.24, 2.45) is 11.8 Å². The average molecular weight is 326 g/mol. The summed E-state index contributed by atoms with van der Waals surface area (Å²) in [7, 11) is 1.41. The molecule has 0 aromatic carbocycles. The smallest absolute Gasteiger partial charge is 0.309 e. The number of carbonyl (C=O) groups excluding carboxylic acids is 2. The Morgan fingerprint density at radius 3 is 2.61 bits per heavy atom. The Bertz CT molecular complexity index is 438. The first-order valence-corrected chi connectivity index (χ1v) is 8.26. The van der Waals surface area contributed by atoms with Crippen molar-refractivity contribution in [1.29, 1.82) is 0 Å². The largest absolute Gasteiger partial charge is 0.469 e. The summed E-state index contributed by atoms with van der Waals surface area (Å²) in [5.41, 5.74) is 0. The Morgan fingerprint density at radius 1 is 1.22 bits per heavy atom. The van der Waals surface area contributed by atoms with E-state index in [1.54, 1.807) is 6.92 Å². The van der Waals surface area contributed by atoms with Crippen LogP contribution < -0.4 is 0 Å². The van der Waals surface area contributed by atoms with Crippen LogP contribution in [-0.2, 0) is 28.5 Å². The number of carbonyl (C=O) groups is 2. The first kappa shape index (κ1) is 17.9. The van der Waals surface area contributed by atoms with Gasteiger partial charge in [0.25, 0.3) is 0 Å². The molecule has 0 unspecified atom stereocenters. The Balaban J connectivity index is 1.95. The second kappa shape index (κ2) is 8.45. The van der Waals surface area contributed by atoms with Gasteiger partial charge in [0, 0.05) is 18.8 Å². The van der Waals surface area contributed by atoms with Gasteiger partial charge >= 0.3 is 11.9 Å². The monoisotopic (exact) mass is 326 g/mol. The molecule has 6 nitrogen and oxygen atoms in total. The van der Waals surface area contributed by atoms with Crippen LogP contribution in [0.5, 0.6) is 0 Å². The zero-order valence-electron chi connectivity index (χ0n) is 13.9. The molecule has 1 aliphatic carbocycles. The second-order valence-electron chi connectivity index (χ2n) is 5.91. The van der Waals surface area contributed by atoms with Crippen LogP contribution in [0.15, 0.2) is 12.2 Å². The number of allylic oxidation sites excluding steroid dienone is 1. The third-order valence-corrected chi connectivity index (χ3v) is 4.58. The Kier molecular flexibility index (Phi) is 6.59. The molecule has 1 saturated heterocycles. The quantitative estimate of drug-likeness (QED) is 0.528. The normalized spacial score (nSPS) is 26.0. The van der Waals surface area contributed by atoms with Gasteiger partial charge in [0.15, 0.2) is 5.79 Å². The summed E-state index contributed by atoms with van der Waals surface area (Å²) in [6.45, 7) is 3.36. The Labute approximate surface area is 137 Å². The van der Waals surface area contributed by atoms with E-state index in [4.69, 9.17) is 18.9 Å². The fourth-order valence-corrected chi connectivity index (χ4v) is 3.52. The number of rotatable bonds is 7. The van der Waals surface area contributed by atoms with Crippen molar-refractivity contribution >= 4 is 11.9 Å². The van der Waals surface area contributed by atoms with E-state index in [1.165, 1.54) is 7.11 Å². The van der Waals surface area contributed by atoms with Crippen molar-refractivity contribution < 1.29 is 28.5 Å². The van der Waals surface area contributed by atoms with E-state index in [9.17, 15) is 9.59 Å². The average Bonchev–Trinajstić information content (AvgIpc) is 3.13. The van der Waals surface area contributed by atoms with Gasteiger partial charge in [-0.1, -0.05) is 12.2 Å². The lowest BCUT2D eigenvalue weighted by Crippen LogP contribution is -2.37. The van der Waals surface area contributed by atoms with Gasteiger partial charge in [0.2, 0.25) is 0 Å². The van der Waals surface area contributed by atoms with Gasteiger partial charge in [-0.05, 0) is 25.7 Å². The fourth-order valence-electron chi connectivity index (χ4n) is 3.52. The number of methoxy groups -OCH3 is 1. The lowest BCUT2D eigenvalue weighted by atomic mass is 9.87. The molecular weight excluding hydrogens is 300 g/mol. The molecular formula is C17H26O6. The minimum atomic E-state index is -0.576. The van der Waals surface area contributed by atoms with Crippen molar-refractivity contribution in [3.8, 4) is 0 Å². The van der Waals surface area contributed by atoms with E-state index in [1.807, 2.05) is 12.2 Å². The van der Waals surface area contributed by atoms with Crippen LogP contribution in [-0.4, -0.2) is 44.7 Å². The molecule has 6 heteroatoms. The summed E-state index contributed by atoms with van der Waals surface area (Å²) in [4.78, 5) is 23.0. The molecule has 1 saturated carbocycles. The second-order valence-corrected chi connectivity index (χ2v) is 5.91. The standard InChI is InChI=1S/C17H26O6/c1-3-21-15(18)7-5-4-6-14-13(12-16(19)20-2)8-9-17(14)22-10-11-23-17/h4-5,13-14H,3,6-12H2,1-2H3/b5-4-/t13-,14-/m1/s1. The highest BCUT2D eigenvalue weighted by Crippen LogP contribution is 2.49. The van der Waals surface area contributed by atoms with Gasteiger partial charge in [-0.2, -0.15) is 0 Å². The zero-order valence-corrected chi connectivity index (χ0v) is 13.9. The maximum Gasteiger partial charge on any atom is 0.309 e. The highest BCUT2D eigenvalue weighted by Gasteiger charge is 2.52. The summed E-state index contributed by atoms with van der Waals surface area (Å²) in [6.07, 6.45) is 6.80. The molecule has 2 atom stereocenters. The van der Waals surface area contributed by atoms with Gasteiger partial charge < -0.3 is 18.9 Å². The predicted molar refractivity (Wildman–Crippen MR) is 82.5 cm³/mol. The highest BCUT2D eigenvalue weighted by molar-refractivity contribution is 5.71. The van der Waals surface area contributed by atoms with E-state index >= 15 is 0 Å². The topological polar surface area (TPSA) is 71.1 Å². The van der Waals surface area contributed by atoms with Crippen LogP contribution in [0.2, 0.25) is 0 Å². The van der Waals surface area contributed by atoms with E-state index in [0.717, 1.165) is 12.8 Å². The molecule has 1 aliphatic heterocycles. The SMILES string of the molecule is CCOC(=O)C/C=C\C[C@@H]1[C@@H](CC(=O)OC)CCC12OCCO2. The summed E-state index contributed by atoms with van der Waals surface area (Å²) in [5.74, 6) is -0.738. The minimum Gasteiger partial charge on any atom is -0.469 e. The molecule has 0 N–H and O–H groups in total. The van der Waals surface area contributed by atoms with Crippen LogP contribution in [0.4, 0.5) is 0 Å². The van der Waals surface area contributed by atoms with Crippen molar-refractivity contribution in [1.82, 2.24) is 0 Å². The lowest BCUT2D eigenvalue weighted by Gasteiger charge is -2.31. The van der Waals surface area contributed by atoms with E-state index < -0.39 is 5.79 Å². The van der Waals surface area contributed by atoms with Gasteiger partial charge in [-0.3, -0.25) is 9.59 Å². The summed E-state index contributed by atoms with van der Waals surface area (Å²) < 4.78 is 21.4. The van der Waals surface area contributed by atoms with Crippen molar-refractivity contribution in [3.63, 3.8) is 0 Å². The first-order valence-electron chi connectivity index (χ1n) is 8.26. The molecule has 0 radical (unpaired) electrons. The number of hydrogen-bond donors (Lipinski definition) is 0. The van der Waals surface area contributed by atoms with Crippen LogP contribution in [0, 0.1) is 11.8 Å². The molecule has 1 spiro atoms. The first-order chi connectivity index (χ1) is 11.1. The number of ether oxygens (including phenoxy) is 4. The van der Waals surface area contributed by atoms with E-state index in [-0.39, 0.29) is 30.2 Å². The Hall–Kier alpha value is -1.40. The van der Waals surface area contributed by atoms with Gasteiger partial charge in [-0.15, -0.1) is 0 Å². The molecule has 0 amide bonds. The fraction of sp³-hybridized carbons (Fsp3) is 0.765. The van der Waals surface area contributed by atoms with Crippen LogP contribution in [0.25, 0.3) is 0 Å². The van der Waals surface area contributed by atoms with Crippen LogP contribution in [0.3, 0.4) is 0 Å². The summed E-state index contributed by atoms with van der Waals surface area (Å²) >= 11 is 0. The van der Waals surface area contributed by atoms with Crippen LogP contribution >= 0.6 is 0 Å². The molecule has 0 aromatic rings. The molecule has 1 heterocycles. The molecule has 2 aliphatic rings. The highest BCUT2D eigenvalue weighted by atomic mass is 16.7. The molecule has 2 rings (SSSR count). The van der Waals surface area contributed by atoms with Crippen molar-refractivity contribution in [2.75, 3.05) is 26.9 Å². The van der Waals surface area contributed by atoms with Crippen LogP contribution in [0.1, 0.15) is 39.0 Å². The van der Waals surface area contributed by atoms with Gasteiger partial charge in [0.1, 0.15) is 0 Å². The third-order valence-electron chi connectivity index (χ3n) is 4.58. The molecule has 2 fully saturated rings. The van der Waals surface area contributed by atoms with E-state index in [0.29, 0.717) is 32.7 Å². The summed E-state index contributed by atoms with van der Waals surface area (Å²) in [5, 5.41) is 0. The van der Waals surface area contributed by atoms with E-state index in [2.05, 4.69) is 0 Å². The van der Waals surface area contributed by atoms with Crippen molar-refractivity contribution in [2.45, 2.75) is 44.8 Å². The zero-order chi connectivity index (χ0) is 16.7. The van der Waals surface area contributed by atoms with Crippen molar-refractivity contribution in [3.05, 3.63) is 12.2 Å². The third kappa shape index (κ3) is 4.54. The summed E-state index contributed by atoms with van der Waals surface area (Å²) in [6, 6.07) is 0. The molecule has 0 bridgehead atoms. The maximum absolute atomic E-state index is 11.6. The lowest BCUT2D eigenvalue weighted by molar-refractivity contribution is -0.186. The maximum atomic E-state index is 11.6. The van der Waals surface area contributed by atoms with Gasteiger partial charge in [0.05, 0.1) is 33.4 Å². The van der Waals surface area contributed by atoms with Gasteiger partial charge in [-0.25, -0.2) is 0 Å². The number of hydrogen-bond acceptors (Lipinski definition) is 6. The predicted octanol–water partition coefficient (Wildman–Crippen LogP) is 2.22. The Morgan fingerprint density at radius 2 is 1.96 bits per heavy atom. The molecule has 0 aromatic heterocycles. The minimum absolute atomic E-state index is 0.0996. The molecule has 130 valence electrons. The molecule has 23 heavy (non-hydrogen) atoms.